The molecule has 0 saturated carbocycles. The molecule has 12 heavy (non-hydrogen) atoms. The molecule has 0 fully saturated rings. The number of hydrogen-bond acceptors (Lipinski definition) is 3. The molecule has 1 aromatic rings. The molecule has 0 aliphatic carbocycles. The summed E-state index contributed by atoms with van der Waals surface area (Å²) in [6, 6.07) is 0. The fourth-order valence-corrected chi connectivity index (χ4v) is 0.825. The molecule has 0 aliphatic heterocycles. The van der Waals surface area contributed by atoms with E-state index in [9.17, 15) is 4.79 Å². The van der Waals surface area contributed by atoms with Crippen molar-refractivity contribution in [3.05, 3.63) is 18.7 Å². The molecule has 0 atom stereocenters. The van der Waals surface area contributed by atoms with Gasteiger partial charge in [0.1, 0.15) is 6.33 Å². The van der Waals surface area contributed by atoms with Crippen molar-refractivity contribution in [1.82, 2.24) is 14.8 Å². The van der Waals surface area contributed by atoms with Gasteiger partial charge in [-0.25, -0.2) is 14.5 Å². The van der Waals surface area contributed by atoms with Crippen LogP contribution in [0.3, 0.4) is 0 Å². The molecule has 0 aliphatic rings. The van der Waals surface area contributed by atoms with Gasteiger partial charge in [-0.3, -0.25) is 0 Å². The van der Waals surface area contributed by atoms with Crippen LogP contribution >= 0.6 is 0 Å². The number of aliphatic carboxylic acids is 1. The first-order valence-corrected chi connectivity index (χ1v) is 3.47. The molecule has 0 aromatic carbocycles. The van der Waals surface area contributed by atoms with Gasteiger partial charge < -0.3 is 5.11 Å². The van der Waals surface area contributed by atoms with Crippen molar-refractivity contribution in [2.75, 3.05) is 0 Å². The van der Waals surface area contributed by atoms with E-state index in [2.05, 4.69) is 16.7 Å². The zero-order chi connectivity index (χ0) is 9.14. The zero-order valence-electron chi connectivity index (χ0n) is 6.69. The summed E-state index contributed by atoms with van der Waals surface area (Å²) >= 11 is 0. The van der Waals surface area contributed by atoms with Gasteiger partial charge >= 0.3 is 5.97 Å². The zero-order valence-corrected chi connectivity index (χ0v) is 6.69. The highest BCUT2D eigenvalue weighted by Gasteiger charge is 2.12. The number of rotatable bonds is 3. The van der Waals surface area contributed by atoms with E-state index >= 15 is 0 Å². The van der Waals surface area contributed by atoms with E-state index in [-0.39, 0.29) is 5.57 Å². The third-order valence-electron chi connectivity index (χ3n) is 1.44. The minimum absolute atomic E-state index is 0.0330. The first-order valence-electron chi connectivity index (χ1n) is 3.47. The Kier molecular flexibility index (Phi) is 2.23. The Balaban J connectivity index is 3.02. The molecule has 0 saturated heterocycles. The largest absolute Gasteiger partial charge is 0.478 e. The van der Waals surface area contributed by atoms with Crippen molar-refractivity contribution in [3.63, 3.8) is 0 Å². The average Bonchev–Trinajstić information content (AvgIpc) is 2.49. The van der Waals surface area contributed by atoms with Crippen LogP contribution in [0.4, 0.5) is 0 Å². The topological polar surface area (TPSA) is 68.0 Å². The smallest absolute Gasteiger partial charge is 0.338 e. The van der Waals surface area contributed by atoms with Crippen molar-refractivity contribution in [2.45, 2.75) is 13.5 Å². The van der Waals surface area contributed by atoms with Gasteiger partial charge in [-0.2, -0.15) is 5.10 Å². The van der Waals surface area contributed by atoms with E-state index < -0.39 is 5.97 Å². The van der Waals surface area contributed by atoms with Crippen LogP contribution in [0, 0.1) is 0 Å². The maximum absolute atomic E-state index is 10.5. The summed E-state index contributed by atoms with van der Waals surface area (Å²) in [4.78, 5) is 14.3. The molecule has 5 nitrogen and oxygen atoms in total. The summed E-state index contributed by atoms with van der Waals surface area (Å²) in [5, 5.41) is 12.4. The van der Waals surface area contributed by atoms with Crippen LogP contribution < -0.4 is 0 Å². The summed E-state index contributed by atoms with van der Waals surface area (Å²) in [6.45, 7) is 5.82. The molecule has 0 spiro atoms. The summed E-state index contributed by atoms with van der Waals surface area (Å²) < 4.78 is 1.48. The highest BCUT2D eigenvalue weighted by atomic mass is 16.4. The maximum atomic E-state index is 10.5. The number of hydrogen-bond donors (Lipinski definition) is 1. The lowest BCUT2D eigenvalue weighted by Crippen LogP contribution is -2.07. The Hall–Kier alpha value is -1.65. The Labute approximate surface area is 69.3 Å². The van der Waals surface area contributed by atoms with Crippen molar-refractivity contribution in [3.8, 4) is 0 Å². The summed E-state index contributed by atoms with van der Waals surface area (Å²) in [5.74, 6) is -0.761. The van der Waals surface area contributed by atoms with Gasteiger partial charge in [0.05, 0.1) is 5.57 Å². The normalized spacial score (nSPS) is 9.75. The quantitative estimate of drug-likeness (QED) is 0.661. The van der Waals surface area contributed by atoms with Gasteiger partial charge in [-0.05, 0) is 6.92 Å². The lowest BCUT2D eigenvalue weighted by atomic mass is 10.3. The van der Waals surface area contributed by atoms with Crippen molar-refractivity contribution < 1.29 is 9.90 Å². The van der Waals surface area contributed by atoms with E-state index in [0.29, 0.717) is 12.4 Å². The molecule has 1 aromatic heterocycles. The van der Waals surface area contributed by atoms with Gasteiger partial charge in [0.2, 0.25) is 0 Å². The van der Waals surface area contributed by atoms with E-state index in [4.69, 9.17) is 5.11 Å². The molecule has 1 rings (SSSR count). The fourth-order valence-electron chi connectivity index (χ4n) is 0.825. The minimum atomic E-state index is -1.07. The predicted molar refractivity (Wildman–Crippen MR) is 42.4 cm³/mol. The molecular formula is C7H9N3O2. The number of carbonyl (C=O) groups is 1. The Morgan fingerprint density at radius 2 is 2.50 bits per heavy atom. The minimum Gasteiger partial charge on any atom is -0.478 e. The van der Waals surface area contributed by atoms with Gasteiger partial charge in [0, 0.05) is 6.54 Å². The second-order valence-corrected chi connectivity index (χ2v) is 2.18. The Morgan fingerprint density at radius 3 is 3.00 bits per heavy atom. The number of nitrogens with zero attached hydrogens (tertiary/aromatic N) is 3. The third kappa shape index (κ3) is 1.34. The Morgan fingerprint density at radius 1 is 1.83 bits per heavy atom. The van der Waals surface area contributed by atoms with Crippen LogP contribution in [0.2, 0.25) is 0 Å². The number of carboxylic acid groups (broad SMARTS) is 1. The molecule has 5 heteroatoms. The highest BCUT2D eigenvalue weighted by Crippen LogP contribution is 2.07. The highest BCUT2D eigenvalue weighted by molar-refractivity contribution is 6.13. The van der Waals surface area contributed by atoms with Gasteiger partial charge in [0.25, 0.3) is 0 Å². The summed E-state index contributed by atoms with van der Waals surface area (Å²) in [5.41, 5.74) is -0.0330. The summed E-state index contributed by atoms with van der Waals surface area (Å²) in [7, 11) is 0. The van der Waals surface area contributed by atoms with Crippen molar-refractivity contribution in [2.24, 2.45) is 0 Å². The van der Waals surface area contributed by atoms with E-state index in [1.165, 1.54) is 11.0 Å². The first-order chi connectivity index (χ1) is 5.66. The van der Waals surface area contributed by atoms with E-state index in [1.807, 2.05) is 6.92 Å². The third-order valence-corrected chi connectivity index (χ3v) is 1.44. The molecular weight excluding hydrogens is 158 g/mol. The van der Waals surface area contributed by atoms with Crippen LogP contribution in [-0.4, -0.2) is 25.8 Å². The second kappa shape index (κ2) is 3.17. The van der Waals surface area contributed by atoms with Crippen LogP contribution in [0.5, 0.6) is 0 Å². The summed E-state index contributed by atoms with van der Waals surface area (Å²) in [6.07, 6.45) is 1.31. The van der Waals surface area contributed by atoms with Crippen LogP contribution in [0.1, 0.15) is 12.7 Å². The number of aryl methyl sites for hydroxylation is 1. The van der Waals surface area contributed by atoms with E-state index in [1.54, 1.807) is 0 Å². The standard InChI is InChI=1S/C7H9N3O2/c1-3-10-6(8-4-9-10)5(2)7(11)12/h4H,2-3H2,1H3,(H,11,12). The second-order valence-electron chi connectivity index (χ2n) is 2.18. The lowest BCUT2D eigenvalue weighted by molar-refractivity contribution is -0.130. The van der Waals surface area contributed by atoms with Crippen LogP contribution in [0.25, 0.3) is 5.57 Å². The molecule has 64 valence electrons. The number of aromatic nitrogens is 3. The molecule has 0 amide bonds. The van der Waals surface area contributed by atoms with Crippen molar-refractivity contribution in [1.29, 1.82) is 0 Å². The average molecular weight is 167 g/mol. The van der Waals surface area contributed by atoms with Crippen LogP contribution in [0.15, 0.2) is 12.9 Å². The monoisotopic (exact) mass is 167 g/mol. The Bertz CT molecular complexity index is 316. The van der Waals surface area contributed by atoms with Gasteiger partial charge in [0.15, 0.2) is 5.82 Å². The SMILES string of the molecule is C=C(C(=O)O)c1ncnn1CC. The lowest BCUT2D eigenvalue weighted by Gasteiger charge is -2.00. The van der Waals surface area contributed by atoms with E-state index in [0.717, 1.165) is 0 Å². The number of carboxylic acids is 1. The van der Waals surface area contributed by atoms with Gasteiger partial charge in [-0.1, -0.05) is 6.58 Å². The molecule has 0 bridgehead atoms. The molecule has 1 heterocycles. The van der Waals surface area contributed by atoms with Crippen molar-refractivity contribution >= 4 is 11.5 Å². The van der Waals surface area contributed by atoms with Gasteiger partial charge in [-0.15, -0.1) is 0 Å². The molecule has 1 N–H and O–H groups in total. The predicted octanol–water partition coefficient (Wildman–Crippen LogP) is 0.396. The molecule has 0 unspecified atom stereocenters. The van der Waals surface area contributed by atoms with Crippen LogP contribution in [-0.2, 0) is 11.3 Å². The first kappa shape index (κ1) is 8.45. The maximum Gasteiger partial charge on any atom is 0.338 e. The fraction of sp³-hybridized carbons (Fsp3) is 0.286. The molecule has 0 radical (unpaired) electrons.